The van der Waals surface area contributed by atoms with Crippen molar-refractivity contribution >= 4 is 16.9 Å². The van der Waals surface area contributed by atoms with Gasteiger partial charge in [-0.1, -0.05) is 192 Å². The lowest BCUT2D eigenvalue weighted by molar-refractivity contribution is -0.566. The van der Waals surface area contributed by atoms with Crippen LogP contribution in [0.5, 0.6) is 11.5 Å². The third-order valence-corrected chi connectivity index (χ3v) is 14.9. The summed E-state index contributed by atoms with van der Waals surface area (Å²) < 4.78 is 11.6. The Hall–Kier alpha value is -7.24. The highest BCUT2D eigenvalue weighted by atomic mass is 16.5. The van der Waals surface area contributed by atoms with E-state index in [1.54, 1.807) is 0 Å². The highest BCUT2D eigenvalue weighted by molar-refractivity contribution is 5.85. The van der Waals surface area contributed by atoms with E-state index < -0.39 is 0 Å². The van der Waals surface area contributed by atoms with Crippen LogP contribution in [0.4, 0.5) is 5.82 Å². The third kappa shape index (κ3) is 8.23. The lowest BCUT2D eigenvalue weighted by Crippen LogP contribution is -2.31. The largest absolute Gasteiger partial charge is 0.457 e. The van der Waals surface area contributed by atoms with Crippen LogP contribution >= 0.6 is 0 Å². The molecule has 0 aliphatic carbocycles. The van der Waals surface area contributed by atoms with Gasteiger partial charge in [-0.05, 0) is 126 Å². The molecule has 4 heterocycles. The Morgan fingerprint density at radius 1 is 0.451 bits per heavy atom. The summed E-state index contributed by atoms with van der Waals surface area (Å²) in [6, 6.07) is 60.7. The quantitative estimate of drug-likeness (QED) is 0.149. The van der Waals surface area contributed by atoms with Gasteiger partial charge in [0, 0.05) is 23.4 Å². The van der Waals surface area contributed by atoms with Gasteiger partial charge in [0.25, 0.3) is 6.33 Å². The second-order valence-electron chi connectivity index (χ2n) is 24.1. The van der Waals surface area contributed by atoms with E-state index in [9.17, 15) is 0 Å². The minimum atomic E-state index is -0.0336. The first-order valence-corrected chi connectivity index (χ1v) is 25.4. The molecule has 9 aromatic rings. The molecule has 11 rings (SSSR count). The van der Waals surface area contributed by atoms with Gasteiger partial charge in [-0.15, -0.1) is 0 Å². The van der Waals surface area contributed by atoms with E-state index in [0.29, 0.717) is 0 Å². The molecule has 2 aromatic heterocycles. The van der Waals surface area contributed by atoms with Gasteiger partial charge < -0.3 is 9.64 Å². The Morgan fingerprint density at radius 2 is 1.03 bits per heavy atom. The number of ether oxygens (including phenoxy) is 1. The highest BCUT2D eigenvalue weighted by Crippen LogP contribution is 2.58. The van der Waals surface area contributed by atoms with Crippen molar-refractivity contribution in [3.05, 3.63) is 221 Å². The Morgan fingerprint density at radius 3 is 1.69 bits per heavy atom. The van der Waals surface area contributed by atoms with Crippen molar-refractivity contribution in [3.8, 4) is 45.1 Å². The van der Waals surface area contributed by atoms with E-state index >= 15 is 0 Å². The van der Waals surface area contributed by atoms with Crippen molar-refractivity contribution in [2.75, 3.05) is 4.90 Å². The smallest absolute Gasteiger partial charge is 0.255 e. The molecule has 0 amide bonds. The predicted molar refractivity (Wildman–Crippen MR) is 294 cm³/mol. The second kappa shape index (κ2) is 16.7. The number of hydrogen-bond donors (Lipinski definition) is 0. The number of rotatable bonds is 7. The van der Waals surface area contributed by atoms with Crippen molar-refractivity contribution in [3.63, 3.8) is 0 Å². The highest BCUT2D eigenvalue weighted by Gasteiger charge is 2.48. The maximum atomic E-state index is 6.88. The normalized spacial score (nSPS) is 15.6. The number of imidazole rings is 1. The second-order valence-corrected chi connectivity index (χ2v) is 24.1. The SMILES string of the molecule is CC(C)(C)c1ccc(-c2cccc(-c3cc(C(C)(C)C)cc(C(C)(C)C)c3)c2-[n+]2cn(-c3cccc(Oc4ccc5c(c4)C4c6ccccc6C5N4c4cc(C(C)(C)C)ccn4)c3)c3ccccc32)cc1. The van der Waals surface area contributed by atoms with E-state index in [-0.39, 0.29) is 33.7 Å². The molecule has 5 nitrogen and oxygen atoms in total. The van der Waals surface area contributed by atoms with Crippen molar-refractivity contribution in [2.24, 2.45) is 0 Å². The standard InChI is InChI=1S/C66H67N4O/c1-63(2,3)44-29-27-42(28-30-44)51-23-18-24-52(43-35-46(65(7,8)9)37-47(36-43)66(10,11)12)60(51)69-41-68(57-25-15-16-26-58(57)69)48-19-17-20-49(39-48)71-50-31-32-55-56(40-50)62-54-22-14-13-21-53(54)61(55)70(62)59-38-45(33-34-67-59)64(4,5)6/h13-41,61-62H,1-12H3/q+1. The molecule has 2 aliphatic rings. The van der Waals surface area contributed by atoms with Gasteiger partial charge in [0.2, 0.25) is 0 Å². The molecule has 356 valence electrons. The Kier molecular flexibility index (Phi) is 10.9. The van der Waals surface area contributed by atoms with Crippen LogP contribution in [0.25, 0.3) is 44.7 Å². The number of aromatic nitrogens is 3. The van der Waals surface area contributed by atoms with Gasteiger partial charge in [0.1, 0.15) is 28.7 Å². The summed E-state index contributed by atoms with van der Waals surface area (Å²) >= 11 is 0. The summed E-state index contributed by atoms with van der Waals surface area (Å²) in [5.41, 5.74) is 19.7. The fraction of sp³-hybridized carbons (Fsp3) is 0.273. The van der Waals surface area contributed by atoms with E-state index in [0.717, 1.165) is 39.7 Å². The Balaban J connectivity index is 1.01. The zero-order valence-electron chi connectivity index (χ0n) is 43.6. The third-order valence-electron chi connectivity index (χ3n) is 14.9. The molecule has 0 N–H and O–H groups in total. The maximum absolute atomic E-state index is 6.88. The molecule has 0 fully saturated rings. The number of benzene rings is 7. The lowest BCUT2D eigenvalue weighted by atomic mass is 9.78. The first kappa shape index (κ1) is 46.2. The Labute approximate surface area is 421 Å². The van der Waals surface area contributed by atoms with Crippen LogP contribution in [0, 0.1) is 0 Å². The molecule has 0 saturated carbocycles. The van der Waals surface area contributed by atoms with Crippen LogP contribution in [0.3, 0.4) is 0 Å². The van der Waals surface area contributed by atoms with Crippen LogP contribution in [0.15, 0.2) is 176 Å². The maximum Gasteiger partial charge on any atom is 0.255 e. The van der Waals surface area contributed by atoms with Crippen LogP contribution in [-0.2, 0) is 21.7 Å². The summed E-state index contributed by atoms with van der Waals surface area (Å²) in [6.45, 7) is 27.5. The topological polar surface area (TPSA) is 34.2 Å². The molecule has 2 bridgehead atoms. The molecular weight excluding hydrogens is 865 g/mol. The van der Waals surface area contributed by atoms with E-state index in [1.165, 1.54) is 66.8 Å². The van der Waals surface area contributed by atoms with Crippen molar-refractivity contribution in [2.45, 2.75) is 117 Å². The van der Waals surface area contributed by atoms with Gasteiger partial charge in [-0.3, -0.25) is 0 Å². The molecule has 0 saturated heterocycles. The van der Waals surface area contributed by atoms with Gasteiger partial charge in [0.05, 0.1) is 12.1 Å². The first-order valence-electron chi connectivity index (χ1n) is 25.4. The zero-order valence-corrected chi connectivity index (χ0v) is 43.6. The molecule has 71 heavy (non-hydrogen) atoms. The molecule has 5 heteroatoms. The lowest BCUT2D eigenvalue weighted by Gasteiger charge is -2.27. The van der Waals surface area contributed by atoms with E-state index in [4.69, 9.17) is 9.72 Å². The number of nitrogens with zero attached hydrogens (tertiary/aromatic N) is 4. The number of hydrogen-bond acceptors (Lipinski definition) is 3. The first-order chi connectivity index (χ1) is 33.7. The molecule has 2 unspecified atom stereocenters. The van der Waals surface area contributed by atoms with Crippen LogP contribution < -0.4 is 14.2 Å². The summed E-state index contributed by atoms with van der Waals surface area (Å²) in [6.07, 6.45) is 4.24. The predicted octanol–water partition coefficient (Wildman–Crippen LogP) is 16.6. The molecule has 7 aromatic carbocycles. The average molecular weight is 932 g/mol. The average Bonchev–Trinajstić information content (AvgIpc) is 4.00. The molecule has 0 radical (unpaired) electrons. The van der Waals surface area contributed by atoms with Crippen LogP contribution in [-0.4, -0.2) is 9.55 Å². The van der Waals surface area contributed by atoms with Crippen molar-refractivity contribution in [1.29, 1.82) is 0 Å². The fourth-order valence-corrected chi connectivity index (χ4v) is 10.9. The number of fused-ring (bicyclic) bond motifs is 9. The number of para-hydroxylation sites is 3. The van der Waals surface area contributed by atoms with E-state index in [2.05, 4.69) is 267 Å². The molecule has 0 spiro atoms. The van der Waals surface area contributed by atoms with Gasteiger partial charge in [-0.2, -0.15) is 9.13 Å². The Bertz CT molecular complexity index is 3480. The zero-order chi connectivity index (χ0) is 49.8. The molecule has 2 atom stereocenters. The summed E-state index contributed by atoms with van der Waals surface area (Å²) in [5.74, 6) is 2.60. The van der Waals surface area contributed by atoms with Gasteiger partial charge in [0.15, 0.2) is 11.0 Å². The molecule has 2 aliphatic heterocycles. The van der Waals surface area contributed by atoms with Gasteiger partial charge in [-0.25, -0.2) is 4.98 Å². The van der Waals surface area contributed by atoms with Crippen LogP contribution in [0.2, 0.25) is 0 Å². The molecular formula is C66H67N4O+. The van der Waals surface area contributed by atoms with E-state index in [1.807, 2.05) is 6.20 Å². The summed E-state index contributed by atoms with van der Waals surface area (Å²) in [5, 5.41) is 0. The van der Waals surface area contributed by atoms with Crippen molar-refractivity contribution < 1.29 is 9.30 Å². The number of pyridine rings is 1. The fourth-order valence-electron chi connectivity index (χ4n) is 10.9. The number of anilines is 1. The van der Waals surface area contributed by atoms with Crippen molar-refractivity contribution in [1.82, 2.24) is 9.55 Å². The minimum Gasteiger partial charge on any atom is -0.457 e. The monoisotopic (exact) mass is 932 g/mol. The summed E-state index contributed by atoms with van der Waals surface area (Å²) in [7, 11) is 0. The minimum absolute atomic E-state index is 0.0142. The van der Waals surface area contributed by atoms with Crippen LogP contribution in [0.1, 0.15) is 140 Å². The summed E-state index contributed by atoms with van der Waals surface area (Å²) in [4.78, 5) is 7.49. The van der Waals surface area contributed by atoms with Gasteiger partial charge >= 0.3 is 0 Å².